The van der Waals surface area contributed by atoms with Gasteiger partial charge in [-0.05, 0) is 24.8 Å². The molecule has 0 radical (unpaired) electrons. The molecule has 0 saturated heterocycles. The molecule has 42 valence electrons. The van der Waals surface area contributed by atoms with Gasteiger partial charge >= 0.3 is 0 Å². The van der Waals surface area contributed by atoms with Crippen LogP contribution in [0, 0.1) is 0 Å². The molecule has 0 atom stereocenters. The average molecular weight is 146 g/mol. The van der Waals surface area contributed by atoms with Crippen LogP contribution in [0.15, 0.2) is 29.2 Å². The third-order valence-corrected chi connectivity index (χ3v) is 1.80. The summed E-state index contributed by atoms with van der Waals surface area (Å²) in [6, 6.07) is 7.56. The van der Waals surface area contributed by atoms with E-state index in [-0.39, 0.29) is 0 Å². The van der Waals surface area contributed by atoms with Crippen LogP contribution in [0.3, 0.4) is 0 Å². The van der Waals surface area contributed by atoms with E-state index in [1.54, 1.807) is 0 Å². The molecule has 2 heteroatoms. The molecule has 1 aromatic rings. The summed E-state index contributed by atoms with van der Waals surface area (Å²) in [5, 5.41) is 0.754. The minimum absolute atomic E-state index is 0.754. The standard InChI is InChI=1S/C6H5ClS/c7-5-3-1-2-4-6(5)8/h1-4,8H/p+1. The summed E-state index contributed by atoms with van der Waals surface area (Å²) in [6.45, 7) is 0. The number of halogens is 1. The summed E-state index contributed by atoms with van der Waals surface area (Å²) in [6.07, 6.45) is 0. The van der Waals surface area contributed by atoms with Crippen molar-refractivity contribution in [2.75, 3.05) is 0 Å². The zero-order valence-corrected chi connectivity index (χ0v) is 5.94. The predicted octanol–water partition coefficient (Wildman–Crippen LogP) is 1.71. The number of benzene rings is 1. The smallest absolute Gasteiger partial charge is 0.0788 e. The van der Waals surface area contributed by atoms with Gasteiger partial charge in [0.2, 0.25) is 0 Å². The Morgan fingerprint density at radius 1 is 1.25 bits per heavy atom. The molecule has 0 N–H and O–H groups in total. The van der Waals surface area contributed by atoms with E-state index in [1.165, 1.54) is 0 Å². The lowest BCUT2D eigenvalue weighted by Gasteiger charge is -1.84. The Hall–Kier alpha value is -0.140. The predicted molar refractivity (Wildman–Crippen MR) is 39.9 cm³/mol. The van der Waals surface area contributed by atoms with Crippen molar-refractivity contribution < 1.29 is 0 Å². The van der Waals surface area contributed by atoms with E-state index in [4.69, 9.17) is 11.6 Å². The van der Waals surface area contributed by atoms with Crippen LogP contribution in [0.1, 0.15) is 0 Å². The Morgan fingerprint density at radius 2 is 1.88 bits per heavy atom. The highest BCUT2D eigenvalue weighted by molar-refractivity contribution is 7.59. The molecule has 0 aliphatic carbocycles. The molecule has 0 saturated carbocycles. The Bertz CT molecular complexity index is 165. The second-order valence-electron chi connectivity index (χ2n) is 1.48. The van der Waals surface area contributed by atoms with Gasteiger partial charge in [0.05, 0.1) is 5.02 Å². The largest absolute Gasteiger partial charge is 0.168 e. The van der Waals surface area contributed by atoms with Crippen LogP contribution in [-0.2, 0) is 12.6 Å². The fraction of sp³-hybridized carbons (Fsp3) is 0. The fourth-order valence-corrected chi connectivity index (χ4v) is 0.776. The topological polar surface area (TPSA) is 0 Å². The maximum atomic E-state index is 5.66. The van der Waals surface area contributed by atoms with Crippen LogP contribution in [0.4, 0.5) is 0 Å². The first-order chi connectivity index (χ1) is 3.80. The molecule has 0 aliphatic rings. The molecular weight excluding hydrogens is 140 g/mol. The van der Waals surface area contributed by atoms with Gasteiger partial charge in [-0.1, -0.05) is 23.7 Å². The monoisotopic (exact) mass is 145 g/mol. The second kappa shape index (κ2) is 2.42. The van der Waals surface area contributed by atoms with Crippen LogP contribution >= 0.6 is 11.6 Å². The molecule has 0 unspecified atom stereocenters. The van der Waals surface area contributed by atoms with Crippen molar-refractivity contribution in [3.05, 3.63) is 29.3 Å². The first kappa shape index (κ1) is 5.99. The molecule has 8 heavy (non-hydrogen) atoms. The van der Waals surface area contributed by atoms with E-state index >= 15 is 0 Å². The highest BCUT2D eigenvalue weighted by atomic mass is 35.5. The molecule has 0 aliphatic heterocycles. The minimum atomic E-state index is 0.754. The molecule has 1 rings (SSSR count). The van der Waals surface area contributed by atoms with Gasteiger partial charge in [-0.15, -0.1) is 0 Å². The van der Waals surface area contributed by atoms with Crippen LogP contribution in [0.2, 0.25) is 5.02 Å². The van der Waals surface area contributed by atoms with Gasteiger partial charge in [-0.2, -0.15) is 0 Å². The van der Waals surface area contributed by atoms with Crippen LogP contribution in [0.25, 0.3) is 0 Å². The number of hydrogen-bond donors (Lipinski definition) is 0. The number of rotatable bonds is 0. The van der Waals surface area contributed by atoms with Crippen LogP contribution in [-0.4, -0.2) is 0 Å². The zero-order valence-electron chi connectivity index (χ0n) is 4.19. The maximum Gasteiger partial charge on any atom is 0.168 e. The Morgan fingerprint density at radius 3 is 2.25 bits per heavy atom. The minimum Gasteiger partial charge on any atom is -0.0788 e. The molecule has 0 aromatic heterocycles. The summed E-state index contributed by atoms with van der Waals surface area (Å²) in [7, 11) is 0. The Balaban J connectivity index is 3.13. The normalized spacial score (nSPS) is 9.25. The van der Waals surface area contributed by atoms with E-state index in [2.05, 4.69) is 12.6 Å². The highest BCUT2D eigenvalue weighted by Crippen LogP contribution is 2.12. The lowest BCUT2D eigenvalue weighted by atomic mass is 10.4. The van der Waals surface area contributed by atoms with Crippen molar-refractivity contribution in [1.82, 2.24) is 0 Å². The summed E-state index contributed by atoms with van der Waals surface area (Å²) in [5.41, 5.74) is 0. The summed E-state index contributed by atoms with van der Waals surface area (Å²) < 4.78 is 0. The van der Waals surface area contributed by atoms with Gasteiger partial charge in [0.25, 0.3) is 0 Å². The molecular formula is C6H6ClS+. The van der Waals surface area contributed by atoms with Crippen LogP contribution < -0.4 is 0 Å². The van der Waals surface area contributed by atoms with E-state index in [9.17, 15) is 0 Å². The maximum absolute atomic E-state index is 5.66. The lowest BCUT2D eigenvalue weighted by Crippen LogP contribution is -1.68. The van der Waals surface area contributed by atoms with Crippen molar-refractivity contribution in [3.8, 4) is 0 Å². The van der Waals surface area contributed by atoms with Crippen molar-refractivity contribution >= 4 is 24.2 Å². The molecule has 0 nitrogen and oxygen atoms in total. The Kier molecular flexibility index (Phi) is 1.81. The first-order valence-corrected chi connectivity index (χ1v) is 3.14. The second-order valence-corrected chi connectivity index (χ2v) is 2.43. The zero-order chi connectivity index (χ0) is 5.98. The van der Waals surface area contributed by atoms with Crippen LogP contribution in [0.5, 0.6) is 0 Å². The molecule has 1 aromatic carbocycles. The van der Waals surface area contributed by atoms with Crippen molar-refractivity contribution in [2.45, 2.75) is 4.90 Å². The third-order valence-electron chi connectivity index (χ3n) is 0.874. The number of hydrogen-bond acceptors (Lipinski definition) is 0. The molecule has 0 spiro atoms. The third kappa shape index (κ3) is 1.17. The van der Waals surface area contributed by atoms with E-state index < -0.39 is 0 Å². The van der Waals surface area contributed by atoms with Gasteiger partial charge in [-0.3, -0.25) is 0 Å². The van der Waals surface area contributed by atoms with Crippen molar-refractivity contribution in [3.63, 3.8) is 0 Å². The van der Waals surface area contributed by atoms with Gasteiger partial charge in [0.15, 0.2) is 4.90 Å². The molecule has 0 bridgehead atoms. The van der Waals surface area contributed by atoms with Gasteiger partial charge in [0, 0.05) is 0 Å². The van der Waals surface area contributed by atoms with Crippen molar-refractivity contribution in [1.29, 1.82) is 0 Å². The Labute approximate surface area is 58.9 Å². The van der Waals surface area contributed by atoms with Gasteiger partial charge < -0.3 is 0 Å². The fourth-order valence-electron chi connectivity index (χ4n) is 0.461. The summed E-state index contributed by atoms with van der Waals surface area (Å²) >= 11 is 8.97. The van der Waals surface area contributed by atoms with Crippen molar-refractivity contribution in [2.24, 2.45) is 0 Å². The van der Waals surface area contributed by atoms with E-state index in [1.807, 2.05) is 24.3 Å². The highest BCUT2D eigenvalue weighted by Gasteiger charge is 1.94. The lowest BCUT2D eigenvalue weighted by molar-refractivity contribution is 1.48. The molecule has 0 amide bonds. The molecule has 0 fully saturated rings. The average Bonchev–Trinajstić information content (AvgIpc) is 1.77. The summed E-state index contributed by atoms with van der Waals surface area (Å²) in [4.78, 5) is 0.939. The van der Waals surface area contributed by atoms with E-state index in [0.29, 0.717) is 0 Å². The quantitative estimate of drug-likeness (QED) is 0.488. The van der Waals surface area contributed by atoms with Gasteiger partial charge in [0.1, 0.15) is 0 Å². The SMILES string of the molecule is [SH2+]c1ccccc1Cl. The van der Waals surface area contributed by atoms with E-state index in [0.717, 1.165) is 9.92 Å². The first-order valence-electron chi connectivity index (χ1n) is 2.27. The summed E-state index contributed by atoms with van der Waals surface area (Å²) in [5.74, 6) is 0. The van der Waals surface area contributed by atoms with Gasteiger partial charge in [-0.25, -0.2) is 0 Å². The molecule has 0 heterocycles.